The highest BCUT2D eigenvalue weighted by molar-refractivity contribution is 7.08. The first-order valence-electron chi connectivity index (χ1n) is 8.38. The molecule has 1 aliphatic carbocycles. The van der Waals surface area contributed by atoms with Crippen LogP contribution < -0.4 is 0 Å². The van der Waals surface area contributed by atoms with Gasteiger partial charge >= 0.3 is 5.97 Å². The van der Waals surface area contributed by atoms with Crippen molar-refractivity contribution in [3.8, 4) is 11.4 Å². The molecular weight excluding hydrogens is 342 g/mol. The molecular formula is C17H21N3O4S. The number of hydrogen-bond donors (Lipinski definition) is 1. The molecule has 0 aliphatic heterocycles. The average Bonchev–Trinajstić information content (AvgIpc) is 3.30. The Hall–Kier alpha value is -2.22. The van der Waals surface area contributed by atoms with E-state index < -0.39 is 11.5 Å². The maximum atomic E-state index is 12.5. The Labute approximate surface area is 149 Å². The summed E-state index contributed by atoms with van der Waals surface area (Å²) in [5, 5.41) is 17.4. The number of aryl methyl sites for hydroxylation is 1. The van der Waals surface area contributed by atoms with E-state index in [-0.39, 0.29) is 12.3 Å². The predicted octanol–water partition coefficient (Wildman–Crippen LogP) is 2.98. The molecule has 2 aromatic heterocycles. The third kappa shape index (κ3) is 3.58. The van der Waals surface area contributed by atoms with Crippen molar-refractivity contribution in [3.63, 3.8) is 0 Å². The Morgan fingerprint density at radius 1 is 1.36 bits per heavy atom. The van der Waals surface area contributed by atoms with E-state index in [1.54, 1.807) is 18.4 Å². The third-order valence-electron chi connectivity index (χ3n) is 4.90. The molecule has 1 saturated carbocycles. The first kappa shape index (κ1) is 17.6. The van der Waals surface area contributed by atoms with Gasteiger partial charge in [0.1, 0.15) is 5.54 Å². The summed E-state index contributed by atoms with van der Waals surface area (Å²) >= 11 is 1.55. The van der Waals surface area contributed by atoms with Crippen molar-refractivity contribution >= 4 is 23.2 Å². The van der Waals surface area contributed by atoms with Crippen LogP contribution in [0, 0.1) is 0 Å². The number of amides is 1. The number of carboxylic acid groups (broad SMARTS) is 1. The van der Waals surface area contributed by atoms with Crippen LogP contribution in [-0.2, 0) is 16.0 Å². The standard InChI is InChI=1S/C17H21N3O4S/c1-20(17(16(22)23)8-3-2-4-9-17)14(21)6-5-13-18-15(19-24-13)12-7-10-25-11-12/h7,10-11H,2-6,8-9H2,1H3,(H,22,23). The Kier molecular flexibility index (Phi) is 5.17. The molecule has 0 radical (unpaired) electrons. The van der Waals surface area contributed by atoms with Crippen molar-refractivity contribution in [1.82, 2.24) is 15.0 Å². The molecule has 1 amide bonds. The zero-order valence-electron chi connectivity index (χ0n) is 14.1. The molecule has 7 nitrogen and oxygen atoms in total. The number of aliphatic carboxylic acids is 1. The highest BCUT2D eigenvalue weighted by Crippen LogP contribution is 2.33. The van der Waals surface area contributed by atoms with E-state index in [4.69, 9.17) is 4.52 Å². The lowest BCUT2D eigenvalue weighted by Crippen LogP contribution is -2.56. The van der Waals surface area contributed by atoms with Crippen LogP contribution in [0.2, 0.25) is 0 Å². The van der Waals surface area contributed by atoms with Crippen molar-refractivity contribution < 1.29 is 19.2 Å². The van der Waals surface area contributed by atoms with Crippen LogP contribution in [-0.4, -0.2) is 44.6 Å². The molecule has 25 heavy (non-hydrogen) atoms. The fourth-order valence-corrected chi connectivity index (χ4v) is 3.95. The summed E-state index contributed by atoms with van der Waals surface area (Å²) in [6, 6.07) is 1.90. The number of rotatable bonds is 6. The molecule has 1 N–H and O–H groups in total. The molecule has 0 saturated heterocycles. The topological polar surface area (TPSA) is 96.5 Å². The maximum absolute atomic E-state index is 12.5. The van der Waals surface area contributed by atoms with E-state index >= 15 is 0 Å². The van der Waals surface area contributed by atoms with Gasteiger partial charge in [0.25, 0.3) is 0 Å². The van der Waals surface area contributed by atoms with E-state index in [0.29, 0.717) is 31.0 Å². The normalized spacial score (nSPS) is 16.5. The molecule has 0 aromatic carbocycles. The molecule has 3 rings (SSSR count). The second kappa shape index (κ2) is 7.35. The van der Waals surface area contributed by atoms with Crippen molar-refractivity contribution in [2.75, 3.05) is 7.05 Å². The summed E-state index contributed by atoms with van der Waals surface area (Å²) < 4.78 is 5.19. The highest BCUT2D eigenvalue weighted by Gasteiger charge is 2.45. The van der Waals surface area contributed by atoms with Crippen LogP contribution in [0.4, 0.5) is 0 Å². The van der Waals surface area contributed by atoms with Gasteiger partial charge in [0.05, 0.1) is 0 Å². The van der Waals surface area contributed by atoms with Crippen molar-refractivity contribution in [3.05, 3.63) is 22.7 Å². The Balaban J connectivity index is 1.62. The number of likely N-dealkylation sites (N-methyl/N-ethyl adjacent to an activating group) is 1. The summed E-state index contributed by atoms with van der Waals surface area (Å²) in [5.41, 5.74) is -0.193. The Morgan fingerprint density at radius 2 is 2.12 bits per heavy atom. The van der Waals surface area contributed by atoms with Gasteiger partial charge in [-0.25, -0.2) is 4.79 Å². The molecule has 2 heterocycles. The minimum absolute atomic E-state index is 0.150. The fraction of sp³-hybridized carbons (Fsp3) is 0.529. The van der Waals surface area contributed by atoms with Crippen LogP contribution in [0.25, 0.3) is 11.4 Å². The predicted molar refractivity (Wildman–Crippen MR) is 92.2 cm³/mol. The maximum Gasteiger partial charge on any atom is 0.329 e. The van der Waals surface area contributed by atoms with E-state index in [1.165, 1.54) is 4.90 Å². The van der Waals surface area contributed by atoms with Crippen LogP contribution in [0.1, 0.15) is 44.4 Å². The smallest absolute Gasteiger partial charge is 0.329 e. The summed E-state index contributed by atoms with van der Waals surface area (Å²) in [7, 11) is 1.59. The molecule has 1 fully saturated rings. The van der Waals surface area contributed by atoms with Gasteiger partial charge in [-0.1, -0.05) is 24.4 Å². The molecule has 1 aliphatic rings. The number of nitrogens with zero attached hydrogens (tertiary/aromatic N) is 3. The summed E-state index contributed by atoms with van der Waals surface area (Å²) in [5.74, 6) is -0.234. The summed E-state index contributed by atoms with van der Waals surface area (Å²) in [4.78, 5) is 30.0. The third-order valence-corrected chi connectivity index (χ3v) is 5.58. The van der Waals surface area contributed by atoms with Crippen molar-refractivity contribution in [2.45, 2.75) is 50.5 Å². The Bertz CT molecular complexity index is 735. The van der Waals surface area contributed by atoms with Crippen LogP contribution >= 0.6 is 11.3 Å². The average molecular weight is 363 g/mol. The van der Waals surface area contributed by atoms with Crippen molar-refractivity contribution in [1.29, 1.82) is 0 Å². The van der Waals surface area contributed by atoms with Gasteiger partial charge < -0.3 is 14.5 Å². The van der Waals surface area contributed by atoms with E-state index in [2.05, 4.69) is 10.1 Å². The lowest BCUT2D eigenvalue weighted by molar-refractivity contribution is -0.160. The largest absolute Gasteiger partial charge is 0.479 e. The molecule has 8 heteroatoms. The number of carbonyl (C=O) groups is 2. The first-order valence-corrected chi connectivity index (χ1v) is 9.32. The molecule has 134 valence electrons. The van der Waals surface area contributed by atoms with E-state index in [1.807, 2.05) is 16.8 Å². The lowest BCUT2D eigenvalue weighted by Gasteiger charge is -2.41. The van der Waals surface area contributed by atoms with Gasteiger partial charge in [0, 0.05) is 30.8 Å². The molecule has 0 bridgehead atoms. The number of aromatic nitrogens is 2. The van der Waals surface area contributed by atoms with Crippen LogP contribution in [0.5, 0.6) is 0 Å². The molecule has 0 atom stereocenters. The summed E-state index contributed by atoms with van der Waals surface area (Å²) in [6.45, 7) is 0. The molecule has 0 spiro atoms. The van der Waals surface area contributed by atoms with Gasteiger partial charge in [-0.15, -0.1) is 0 Å². The molecule has 2 aromatic rings. The van der Waals surface area contributed by atoms with Crippen LogP contribution in [0.3, 0.4) is 0 Å². The second-order valence-electron chi connectivity index (χ2n) is 6.37. The van der Waals surface area contributed by atoms with Gasteiger partial charge in [-0.05, 0) is 24.3 Å². The van der Waals surface area contributed by atoms with E-state index in [0.717, 1.165) is 24.8 Å². The fourth-order valence-electron chi connectivity index (χ4n) is 3.32. The lowest BCUT2D eigenvalue weighted by atomic mass is 9.80. The zero-order chi connectivity index (χ0) is 17.9. The monoisotopic (exact) mass is 363 g/mol. The van der Waals surface area contributed by atoms with Gasteiger partial charge in [0.15, 0.2) is 0 Å². The minimum Gasteiger partial charge on any atom is -0.479 e. The number of carboxylic acids is 1. The first-order chi connectivity index (χ1) is 12.0. The number of hydrogen-bond acceptors (Lipinski definition) is 6. The highest BCUT2D eigenvalue weighted by atomic mass is 32.1. The number of thiophene rings is 1. The van der Waals surface area contributed by atoms with E-state index in [9.17, 15) is 14.7 Å². The van der Waals surface area contributed by atoms with Crippen molar-refractivity contribution in [2.24, 2.45) is 0 Å². The van der Waals surface area contributed by atoms with Gasteiger partial charge in [0.2, 0.25) is 17.6 Å². The zero-order valence-corrected chi connectivity index (χ0v) is 14.9. The Morgan fingerprint density at radius 3 is 2.76 bits per heavy atom. The minimum atomic E-state index is -1.08. The van der Waals surface area contributed by atoms with Crippen LogP contribution in [0.15, 0.2) is 21.3 Å². The SMILES string of the molecule is CN(C(=O)CCc1nc(-c2ccsc2)no1)C1(C(=O)O)CCCCC1. The van der Waals surface area contributed by atoms with Gasteiger partial charge in [-0.3, -0.25) is 4.79 Å². The molecule has 0 unspecified atom stereocenters. The number of carbonyl (C=O) groups excluding carboxylic acids is 1. The summed E-state index contributed by atoms with van der Waals surface area (Å²) in [6.07, 6.45) is 4.15. The quantitative estimate of drug-likeness (QED) is 0.847. The second-order valence-corrected chi connectivity index (χ2v) is 7.15. The van der Waals surface area contributed by atoms with Gasteiger partial charge in [-0.2, -0.15) is 16.3 Å².